The molecule has 3 atom stereocenters. The van der Waals surface area contributed by atoms with Crippen molar-refractivity contribution in [1.82, 2.24) is 20.4 Å². The Morgan fingerprint density at radius 3 is 2.84 bits per heavy atom. The van der Waals surface area contributed by atoms with Crippen LogP contribution in [-0.2, 0) is 16.1 Å². The number of nitrogens with one attached hydrogen (secondary N) is 2. The Bertz CT molecular complexity index is 831. The number of piperidine rings is 2. The molecule has 4 rings (SSSR count). The van der Waals surface area contributed by atoms with Gasteiger partial charge < -0.3 is 15.5 Å². The lowest BCUT2D eigenvalue weighted by Crippen LogP contribution is -2.51. The lowest BCUT2D eigenvalue weighted by atomic mass is 9.83. The van der Waals surface area contributed by atoms with Crippen LogP contribution in [0.25, 0.3) is 0 Å². The zero-order valence-corrected chi connectivity index (χ0v) is 18.6. The quantitative estimate of drug-likeness (QED) is 0.631. The number of benzene rings is 1. The van der Waals surface area contributed by atoms with Crippen molar-refractivity contribution in [3.63, 3.8) is 0 Å². The number of carbonyl (C=O) groups excluding carboxylic acids is 3. The Balaban J connectivity index is 1.23. The summed E-state index contributed by atoms with van der Waals surface area (Å²) in [4.78, 5) is 41.1. The van der Waals surface area contributed by atoms with Crippen LogP contribution in [0.15, 0.2) is 24.3 Å². The number of halogens is 1. The summed E-state index contributed by atoms with van der Waals surface area (Å²) in [7, 11) is 0. The van der Waals surface area contributed by atoms with Gasteiger partial charge in [0.25, 0.3) is 5.91 Å². The average molecular weight is 447 g/mol. The number of nitrogens with zero attached hydrogens (tertiary/aromatic N) is 2. The molecule has 31 heavy (non-hydrogen) atoms. The summed E-state index contributed by atoms with van der Waals surface area (Å²) in [5.74, 6) is 0.171. The van der Waals surface area contributed by atoms with E-state index >= 15 is 0 Å². The summed E-state index contributed by atoms with van der Waals surface area (Å²) < 4.78 is 0. The van der Waals surface area contributed by atoms with E-state index in [1.807, 2.05) is 6.07 Å². The number of fused-ring (bicyclic) bond motifs is 1. The van der Waals surface area contributed by atoms with Crippen LogP contribution in [0.1, 0.15) is 50.5 Å². The second-order valence-electron chi connectivity index (χ2n) is 8.90. The number of amides is 4. The largest absolute Gasteiger partial charge is 0.356 e. The van der Waals surface area contributed by atoms with Crippen molar-refractivity contribution in [3.8, 4) is 0 Å². The number of hydrogen-bond acceptors (Lipinski definition) is 4. The third kappa shape index (κ3) is 5.39. The van der Waals surface area contributed by atoms with Gasteiger partial charge in [-0.05, 0) is 68.8 Å². The first-order chi connectivity index (χ1) is 15.0. The molecule has 3 aliphatic rings. The molecule has 7 nitrogen and oxygen atoms in total. The van der Waals surface area contributed by atoms with Gasteiger partial charge in [0.05, 0.1) is 6.54 Å². The first-order valence-corrected chi connectivity index (χ1v) is 11.8. The molecule has 3 saturated heterocycles. The van der Waals surface area contributed by atoms with Crippen molar-refractivity contribution in [2.24, 2.45) is 5.92 Å². The number of imide groups is 1. The number of carbonyl (C=O) groups is 3. The van der Waals surface area contributed by atoms with Crippen LogP contribution in [0.4, 0.5) is 4.79 Å². The molecule has 0 aliphatic carbocycles. The van der Waals surface area contributed by atoms with E-state index in [4.69, 9.17) is 11.6 Å². The van der Waals surface area contributed by atoms with Gasteiger partial charge in [0.15, 0.2) is 0 Å². The minimum atomic E-state index is -0.652. The molecule has 1 aromatic carbocycles. The van der Waals surface area contributed by atoms with Crippen molar-refractivity contribution >= 4 is 29.4 Å². The lowest BCUT2D eigenvalue weighted by molar-refractivity contribution is -0.128. The summed E-state index contributed by atoms with van der Waals surface area (Å²) in [5, 5.41) is 6.34. The Hall–Kier alpha value is -2.12. The fraction of sp³-hybridized carbons (Fsp3) is 0.609. The Morgan fingerprint density at radius 1 is 1.16 bits per heavy atom. The van der Waals surface area contributed by atoms with Gasteiger partial charge in [-0.25, -0.2) is 4.79 Å². The van der Waals surface area contributed by atoms with Gasteiger partial charge in [-0.2, -0.15) is 0 Å². The molecule has 1 unspecified atom stereocenters. The fourth-order valence-electron chi connectivity index (χ4n) is 5.16. The van der Waals surface area contributed by atoms with E-state index in [-0.39, 0.29) is 24.8 Å². The molecule has 0 radical (unpaired) electrons. The third-order valence-corrected chi connectivity index (χ3v) is 7.02. The van der Waals surface area contributed by atoms with E-state index in [1.165, 1.54) is 43.7 Å². The van der Waals surface area contributed by atoms with Gasteiger partial charge in [0.1, 0.15) is 6.04 Å². The molecule has 3 heterocycles. The van der Waals surface area contributed by atoms with Gasteiger partial charge in [-0.15, -0.1) is 0 Å². The molecule has 2 N–H and O–H groups in total. The standard InChI is InChI=1S/C23H31ClN4O3/c24-18-7-3-5-16(13-18)15-28-22(30)19(26-23(28)31)9-10-21(29)25-14-17-6-4-12-27-11-2-1-8-20(17)27/h3,5,7,13,17,19-20H,1-2,4,6,8-12,14-15H2,(H,25,29)(H,26,31)/t17-,19?,20+/m0/s1. The van der Waals surface area contributed by atoms with Crippen molar-refractivity contribution in [1.29, 1.82) is 0 Å². The molecule has 3 fully saturated rings. The summed E-state index contributed by atoms with van der Waals surface area (Å²) in [5.41, 5.74) is 0.790. The van der Waals surface area contributed by atoms with E-state index in [9.17, 15) is 14.4 Å². The van der Waals surface area contributed by atoms with Crippen LogP contribution < -0.4 is 10.6 Å². The minimum Gasteiger partial charge on any atom is -0.356 e. The van der Waals surface area contributed by atoms with Gasteiger partial charge in [0, 0.05) is 24.0 Å². The Morgan fingerprint density at radius 2 is 2.00 bits per heavy atom. The highest BCUT2D eigenvalue weighted by molar-refractivity contribution is 6.30. The van der Waals surface area contributed by atoms with Crippen molar-refractivity contribution in [2.45, 2.75) is 63.6 Å². The molecule has 3 aliphatic heterocycles. The highest BCUT2D eigenvalue weighted by Gasteiger charge is 2.38. The summed E-state index contributed by atoms with van der Waals surface area (Å²) in [6, 6.07) is 6.62. The molecule has 0 aromatic heterocycles. The van der Waals surface area contributed by atoms with Crippen LogP contribution in [0, 0.1) is 5.92 Å². The Kier molecular flexibility index (Phi) is 7.13. The first-order valence-electron chi connectivity index (χ1n) is 11.4. The van der Waals surface area contributed by atoms with E-state index < -0.39 is 12.1 Å². The number of hydrogen-bond donors (Lipinski definition) is 2. The predicted octanol–water partition coefficient (Wildman–Crippen LogP) is 2.92. The third-order valence-electron chi connectivity index (χ3n) is 6.79. The van der Waals surface area contributed by atoms with Crippen LogP contribution >= 0.6 is 11.6 Å². The van der Waals surface area contributed by atoms with Crippen LogP contribution in [0.2, 0.25) is 5.02 Å². The van der Waals surface area contributed by atoms with Crippen molar-refractivity contribution < 1.29 is 14.4 Å². The molecule has 168 valence electrons. The van der Waals surface area contributed by atoms with E-state index in [1.54, 1.807) is 18.2 Å². The monoisotopic (exact) mass is 446 g/mol. The SMILES string of the molecule is O=C(CCC1NC(=O)N(Cc2cccc(Cl)c2)C1=O)NC[C@@H]1CCCN2CCCC[C@H]12. The summed E-state index contributed by atoms with van der Waals surface area (Å²) >= 11 is 5.99. The summed E-state index contributed by atoms with van der Waals surface area (Å²) in [6.45, 7) is 3.24. The molecular formula is C23H31ClN4O3. The first kappa shape index (κ1) is 22.1. The van der Waals surface area contributed by atoms with E-state index in [0.717, 1.165) is 12.0 Å². The Labute approximate surface area is 188 Å². The molecule has 4 amide bonds. The fourth-order valence-corrected chi connectivity index (χ4v) is 5.38. The van der Waals surface area contributed by atoms with Gasteiger partial charge in [-0.1, -0.05) is 30.2 Å². The molecule has 8 heteroatoms. The van der Waals surface area contributed by atoms with Crippen molar-refractivity contribution in [2.75, 3.05) is 19.6 Å². The molecule has 0 spiro atoms. The second kappa shape index (κ2) is 10.0. The van der Waals surface area contributed by atoms with Crippen molar-refractivity contribution in [3.05, 3.63) is 34.9 Å². The highest BCUT2D eigenvalue weighted by atomic mass is 35.5. The van der Waals surface area contributed by atoms with E-state index in [2.05, 4.69) is 15.5 Å². The average Bonchev–Trinajstić information content (AvgIpc) is 3.04. The van der Waals surface area contributed by atoms with Gasteiger partial charge in [0.2, 0.25) is 5.91 Å². The zero-order chi connectivity index (χ0) is 21.8. The predicted molar refractivity (Wildman–Crippen MR) is 119 cm³/mol. The normalized spacial score (nSPS) is 26.5. The molecule has 1 aromatic rings. The lowest BCUT2D eigenvalue weighted by Gasteiger charge is -2.44. The topological polar surface area (TPSA) is 81.8 Å². The second-order valence-corrected chi connectivity index (χ2v) is 9.34. The number of urea groups is 1. The van der Waals surface area contributed by atoms with E-state index in [0.29, 0.717) is 29.9 Å². The molecule has 0 bridgehead atoms. The molecular weight excluding hydrogens is 416 g/mol. The minimum absolute atomic E-state index is 0.0525. The van der Waals surface area contributed by atoms with Crippen LogP contribution in [-0.4, -0.2) is 59.4 Å². The van der Waals surface area contributed by atoms with Gasteiger partial charge >= 0.3 is 6.03 Å². The smallest absolute Gasteiger partial charge is 0.325 e. The zero-order valence-electron chi connectivity index (χ0n) is 17.8. The molecule has 0 saturated carbocycles. The maximum atomic E-state index is 12.7. The van der Waals surface area contributed by atoms with Gasteiger partial charge in [-0.3, -0.25) is 14.5 Å². The maximum Gasteiger partial charge on any atom is 0.325 e. The summed E-state index contributed by atoms with van der Waals surface area (Å²) in [6.07, 6.45) is 6.68. The maximum absolute atomic E-state index is 12.7. The van der Waals surface area contributed by atoms with Crippen LogP contribution in [0.5, 0.6) is 0 Å². The van der Waals surface area contributed by atoms with Crippen LogP contribution in [0.3, 0.4) is 0 Å². The number of rotatable bonds is 7. The highest BCUT2D eigenvalue weighted by Crippen LogP contribution is 2.30.